The van der Waals surface area contributed by atoms with Crippen LogP contribution in [0.3, 0.4) is 0 Å². The SMILES string of the molecule is CC/C(=C(/c1ccc(O)cc1)c1ccc(OC2CCNC2)cc1)c1ccccc1. The van der Waals surface area contributed by atoms with E-state index in [1.54, 1.807) is 12.1 Å². The molecule has 0 aromatic heterocycles. The predicted octanol–water partition coefficient (Wildman–Crippen LogP) is 5.50. The normalized spacial score (nSPS) is 17.1. The van der Waals surface area contributed by atoms with Gasteiger partial charge in [-0.2, -0.15) is 0 Å². The Morgan fingerprint density at radius 3 is 2.14 bits per heavy atom. The lowest BCUT2D eigenvalue weighted by molar-refractivity contribution is 0.223. The molecular formula is C26H27NO2. The van der Waals surface area contributed by atoms with E-state index in [0.29, 0.717) is 0 Å². The number of aromatic hydroxyl groups is 1. The smallest absolute Gasteiger partial charge is 0.119 e. The lowest BCUT2D eigenvalue weighted by atomic mass is 9.88. The highest BCUT2D eigenvalue weighted by atomic mass is 16.5. The van der Waals surface area contributed by atoms with Gasteiger partial charge in [0.15, 0.2) is 0 Å². The van der Waals surface area contributed by atoms with Gasteiger partial charge in [0, 0.05) is 6.54 Å². The Morgan fingerprint density at radius 2 is 1.55 bits per heavy atom. The van der Waals surface area contributed by atoms with Crippen LogP contribution in [0.2, 0.25) is 0 Å². The van der Waals surface area contributed by atoms with E-state index in [-0.39, 0.29) is 11.9 Å². The predicted molar refractivity (Wildman–Crippen MR) is 119 cm³/mol. The van der Waals surface area contributed by atoms with E-state index in [1.165, 1.54) is 16.7 Å². The maximum atomic E-state index is 9.76. The van der Waals surface area contributed by atoms with Crippen LogP contribution in [0.5, 0.6) is 11.5 Å². The topological polar surface area (TPSA) is 41.5 Å². The van der Waals surface area contributed by atoms with Crippen LogP contribution in [0.4, 0.5) is 0 Å². The van der Waals surface area contributed by atoms with Crippen molar-refractivity contribution < 1.29 is 9.84 Å². The van der Waals surface area contributed by atoms with E-state index >= 15 is 0 Å². The minimum Gasteiger partial charge on any atom is -0.508 e. The maximum absolute atomic E-state index is 9.76. The first-order chi connectivity index (χ1) is 14.2. The highest BCUT2D eigenvalue weighted by Crippen LogP contribution is 2.35. The highest BCUT2D eigenvalue weighted by Gasteiger charge is 2.17. The van der Waals surface area contributed by atoms with Gasteiger partial charge in [0.1, 0.15) is 17.6 Å². The van der Waals surface area contributed by atoms with Crippen molar-refractivity contribution in [2.75, 3.05) is 13.1 Å². The average Bonchev–Trinajstić information content (AvgIpc) is 3.27. The fraction of sp³-hybridized carbons (Fsp3) is 0.231. The maximum Gasteiger partial charge on any atom is 0.119 e. The van der Waals surface area contributed by atoms with E-state index in [0.717, 1.165) is 42.8 Å². The fourth-order valence-corrected chi connectivity index (χ4v) is 3.93. The standard InChI is InChI=1S/C26H27NO2/c1-2-25(19-6-4-3-5-7-19)26(20-8-12-22(28)13-9-20)21-10-14-23(15-11-21)29-24-16-17-27-18-24/h3-15,24,27-28H,2,16-18H2,1H3/b26-25+. The molecule has 1 aliphatic heterocycles. The first-order valence-electron chi connectivity index (χ1n) is 10.3. The number of ether oxygens (including phenoxy) is 1. The van der Waals surface area contributed by atoms with Crippen molar-refractivity contribution in [3.05, 3.63) is 95.6 Å². The Balaban J connectivity index is 1.76. The number of benzene rings is 3. The molecule has 1 heterocycles. The third-order valence-electron chi connectivity index (χ3n) is 5.39. The molecule has 0 aliphatic carbocycles. The summed E-state index contributed by atoms with van der Waals surface area (Å²) in [5.41, 5.74) is 5.93. The molecule has 1 aliphatic rings. The Bertz CT molecular complexity index is 954. The van der Waals surface area contributed by atoms with Crippen LogP contribution in [0.15, 0.2) is 78.9 Å². The molecule has 4 rings (SSSR count). The van der Waals surface area contributed by atoms with Gasteiger partial charge in [-0.1, -0.05) is 61.5 Å². The summed E-state index contributed by atoms with van der Waals surface area (Å²) in [5, 5.41) is 13.1. The van der Waals surface area contributed by atoms with Gasteiger partial charge in [-0.15, -0.1) is 0 Å². The summed E-state index contributed by atoms with van der Waals surface area (Å²) in [6, 6.07) is 26.4. The summed E-state index contributed by atoms with van der Waals surface area (Å²) in [4.78, 5) is 0. The summed E-state index contributed by atoms with van der Waals surface area (Å²) in [5.74, 6) is 1.19. The molecule has 1 unspecified atom stereocenters. The lowest BCUT2D eigenvalue weighted by Crippen LogP contribution is -2.19. The largest absolute Gasteiger partial charge is 0.508 e. The molecule has 29 heavy (non-hydrogen) atoms. The van der Waals surface area contributed by atoms with Crippen LogP contribution >= 0.6 is 0 Å². The Hall–Kier alpha value is -3.04. The van der Waals surface area contributed by atoms with Crippen LogP contribution in [0, 0.1) is 0 Å². The van der Waals surface area contributed by atoms with Crippen LogP contribution in [-0.2, 0) is 0 Å². The number of rotatable bonds is 6. The molecule has 0 amide bonds. The van der Waals surface area contributed by atoms with Gasteiger partial charge < -0.3 is 15.2 Å². The van der Waals surface area contributed by atoms with Gasteiger partial charge in [-0.25, -0.2) is 0 Å². The van der Waals surface area contributed by atoms with Gasteiger partial charge in [0.2, 0.25) is 0 Å². The third-order valence-corrected chi connectivity index (χ3v) is 5.39. The third kappa shape index (κ3) is 4.52. The monoisotopic (exact) mass is 385 g/mol. The quantitative estimate of drug-likeness (QED) is 0.550. The van der Waals surface area contributed by atoms with Crippen molar-refractivity contribution in [3.8, 4) is 11.5 Å². The van der Waals surface area contributed by atoms with E-state index in [4.69, 9.17) is 4.74 Å². The molecule has 0 bridgehead atoms. The minimum absolute atomic E-state index is 0.253. The van der Waals surface area contributed by atoms with Crippen LogP contribution in [-0.4, -0.2) is 24.3 Å². The van der Waals surface area contributed by atoms with Crippen molar-refractivity contribution >= 4 is 11.1 Å². The van der Waals surface area contributed by atoms with E-state index in [1.807, 2.05) is 18.2 Å². The molecule has 3 aromatic carbocycles. The molecule has 1 atom stereocenters. The van der Waals surface area contributed by atoms with Crippen molar-refractivity contribution in [1.82, 2.24) is 5.32 Å². The lowest BCUT2D eigenvalue weighted by Gasteiger charge is -2.17. The molecule has 0 radical (unpaired) electrons. The van der Waals surface area contributed by atoms with Gasteiger partial charge in [0.25, 0.3) is 0 Å². The summed E-state index contributed by atoms with van der Waals surface area (Å²) in [7, 11) is 0. The first kappa shape index (κ1) is 19.3. The number of nitrogens with one attached hydrogen (secondary N) is 1. The van der Waals surface area contributed by atoms with Crippen LogP contribution < -0.4 is 10.1 Å². The van der Waals surface area contributed by atoms with Crippen LogP contribution in [0.25, 0.3) is 11.1 Å². The summed E-state index contributed by atoms with van der Waals surface area (Å²) >= 11 is 0. The first-order valence-corrected chi connectivity index (χ1v) is 10.3. The van der Waals surface area contributed by atoms with Gasteiger partial charge in [-0.3, -0.25) is 0 Å². The molecule has 1 fully saturated rings. The summed E-state index contributed by atoms with van der Waals surface area (Å²) in [6.45, 7) is 4.12. The second kappa shape index (κ2) is 8.97. The zero-order chi connectivity index (χ0) is 20.1. The van der Waals surface area contributed by atoms with E-state index in [2.05, 4.69) is 60.8 Å². The average molecular weight is 386 g/mol. The Kier molecular flexibility index (Phi) is 5.97. The van der Waals surface area contributed by atoms with Crippen molar-refractivity contribution in [2.24, 2.45) is 0 Å². The highest BCUT2D eigenvalue weighted by molar-refractivity contribution is 5.98. The summed E-state index contributed by atoms with van der Waals surface area (Å²) < 4.78 is 6.09. The molecule has 3 nitrogen and oxygen atoms in total. The van der Waals surface area contributed by atoms with Gasteiger partial charge in [0.05, 0.1) is 0 Å². The molecule has 2 N–H and O–H groups in total. The number of allylic oxidation sites excluding steroid dienone is 1. The molecule has 3 aromatic rings. The molecule has 0 saturated carbocycles. The Labute approximate surface area is 172 Å². The second-order valence-corrected chi connectivity index (χ2v) is 7.38. The van der Waals surface area contributed by atoms with Gasteiger partial charge in [-0.05, 0) is 71.5 Å². The number of hydrogen-bond donors (Lipinski definition) is 2. The minimum atomic E-state index is 0.253. The molecular weight excluding hydrogens is 358 g/mol. The molecule has 3 heteroatoms. The molecule has 1 saturated heterocycles. The van der Waals surface area contributed by atoms with Crippen molar-refractivity contribution in [3.63, 3.8) is 0 Å². The Morgan fingerprint density at radius 1 is 0.897 bits per heavy atom. The molecule has 0 spiro atoms. The van der Waals surface area contributed by atoms with Crippen molar-refractivity contribution in [1.29, 1.82) is 0 Å². The summed E-state index contributed by atoms with van der Waals surface area (Å²) in [6.07, 6.45) is 2.21. The number of phenolic OH excluding ortho intramolecular Hbond substituents is 1. The van der Waals surface area contributed by atoms with Gasteiger partial charge >= 0.3 is 0 Å². The zero-order valence-electron chi connectivity index (χ0n) is 16.8. The van der Waals surface area contributed by atoms with Crippen LogP contribution in [0.1, 0.15) is 36.5 Å². The zero-order valence-corrected chi connectivity index (χ0v) is 16.8. The van der Waals surface area contributed by atoms with Crippen molar-refractivity contribution in [2.45, 2.75) is 25.9 Å². The van der Waals surface area contributed by atoms with E-state index < -0.39 is 0 Å². The number of hydrogen-bond acceptors (Lipinski definition) is 3. The fourth-order valence-electron chi connectivity index (χ4n) is 3.93. The second-order valence-electron chi connectivity index (χ2n) is 7.38. The number of phenols is 1. The van der Waals surface area contributed by atoms with E-state index in [9.17, 15) is 5.11 Å². The molecule has 148 valence electrons.